The van der Waals surface area contributed by atoms with Crippen LogP contribution in [-0.4, -0.2) is 61.4 Å². The average molecular weight is 489 g/mol. The molecule has 3 heterocycles. The monoisotopic (exact) mass is 489 g/mol. The van der Waals surface area contributed by atoms with Gasteiger partial charge in [0.15, 0.2) is 11.5 Å². The Morgan fingerprint density at radius 2 is 1.91 bits per heavy atom. The Morgan fingerprint density at radius 3 is 2.69 bits per heavy atom. The number of amides is 1. The highest BCUT2D eigenvalue weighted by Crippen LogP contribution is 2.33. The SMILES string of the molecule is O=C(Nc1cnc2ccc(-c3ccccc3OC(F)(F)F)nn12)c1cccc(OCC(O)CO)n1. The summed E-state index contributed by atoms with van der Waals surface area (Å²) < 4.78 is 49.0. The van der Waals surface area contributed by atoms with Crippen molar-refractivity contribution in [3.8, 4) is 22.9 Å². The molecule has 35 heavy (non-hydrogen) atoms. The third-order valence-corrected chi connectivity index (χ3v) is 4.58. The molecule has 0 aliphatic rings. The molecule has 0 fully saturated rings. The molecule has 4 rings (SSSR count). The van der Waals surface area contributed by atoms with Crippen LogP contribution in [0, 0.1) is 0 Å². The zero-order chi connectivity index (χ0) is 25.0. The predicted octanol–water partition coefficient (Wildman–Crippen LogP) is 2.67. The Bertz CT molecular complexity index is 1340. The normalized spacial score (nSPS) is 12.4. The van der Waals surface area contributed by atoms with Crippen LogP contribution in [0.3, 0.4) is 0 Å². The second kappa shape index (κ2) is 9.95. The Morgan fingerprint density at radius 1 is 1.11 bits per heavy atom. The van der Waals surface area contributed by atoms with Gasteiger partial charge in [-0.05, 0) is 30.3 Å². The van der Waals surface area contributed by atoms with Crippen molar-refractivity contribution < 1.29 is 37.7 Å². The van der Waals surface area contributed by atoms with Gasteiger partial charge >= 0.3 is 6.36 Å². The number of aromatic nitrogens is 4. The first-order chi connectivity index (χ1) is 16.7. The van der Waals surface area contributed by atoms with Crippen molar-refractivity contribution in [1.29, 1.82) is 0 Å². The number of carbonyl (C=O) groups excluding carboxylic acids is 1. The second-order valence-electron chi connectivity index (χ2n) is 7.14. The number of carbonyl (C=O) groups is 1. The summed E-state index contributed by atoms with van der Waals surface area (Å²) in [5.74, 6) is -0.854. The highest BCUT2D eigenvalue weighted by Gasteiger charge is 2.32. The number of para-hydroxylation sites is 1. The fourth-order valence-electron chi connectivity index (χ4n) is 3.03. The fourth-order valence-corrected chi connectivity index (χ4v) is 3.03. The largest absolute Gasteiger partial charge is 0.573 e. The van der Waals surface area contributed by atoms with Crippen molar-refractivity contribution in [3.63, 3.8) is 0 Å². The minimum absolute atomic E-state index is 0.0176. The zero-order valence-corrected chi connectivity index (χ0v) is 17.8. The van der Waals surface area contributed by atoms with Gasteiger partial charge in [0, 0.05) is 11.6 Å². The Kier molecular flexibility index (Phi) is 6.80. The maximum Gasteiger partial charge on any atom is 0.573 e. The second-order valence-corrected chi connectivity index (χ2v) is 7.14. The van der Waals surface area contributed by atoms with Crippen LogP contribution in [-0.2, 0) is 0 Å². The quantitative estimate of drug-likeness (QED) is 0.344. The molecule has 0 spiro atoms. The number of nitrogens with one attached hydrogen (secondary N) is 1. The third-order valence-electron chi connectivity index (χ3n) is 4.58. The maximum atomic E-state index is 12.8. The van der Waals surface area contributed by atoms with Crippen LogP contribution in [0.2, 0.25) is 0 Å². The molecule has 10 nitrogen and oxygen atoms in total. The van der Waals surface area contributed by atoms with Gasteiger partial charge in [-0.25, -0.2) is 9.97 Å². The first kappa shape index (κ1) is 23.9. The number of aliphatic hydroxyl groups is 2. The molecule has 0 saturated carbocycles. The standard InChI is InChI=1S/C22H18F3N5O5/c23-22(24,25)35-17-6-2-1-4-14(17)15-8-9-18-26-10-19(30(18)29-15)28-21(33)16-5-3-7-20(27-16)34-12-13(32)11-31/h1-10,13,31-32H,11-12H2,(H,28,33). The van der Waals surface area contributed by atoms with E-state index < -0.39 is 30.7 Å². The lowest BCUT2D eigenvalue weighted by Gasteiger charge is -2.13. The first-order valence-electron chi connectivity index (χ1n) is 10.1. The number of anilines is 1. The van der Waals surface area contributed by atoms with Gasteiger partial charge in [-0.15, -0.1) is 13.2 Å². The van der Waals surface area contributed by atoms with Crippen molar-refractivity contribution in [2.24, 2.45) is 0 Å². The summed E-state index contributed by atoms with van der Waals surface area (Å²) in [7, 11) is 0. The zero-order valence-electron chi connectivity index (χ0n) is 17.8. The molecule has 3 aromatic heterocycles. The number of pyridine rings is 1. The molecule has 0 saturated heterocycles. The van der Waals surface area contributed by atoms with Gasteiger partial charge in [0.05, 0.1) is 18.5 Å². The molecular weight excluding hydrogens is 471 g/mol. The number of benzene rings is 1. The lowest BCUT2D eigenvalue weighted by atomic mass is 10.1. The number of fused-ring (bicyclic) bond motifs is 1. The Labute approximate surface area is 195 Å². The van der Waals surface area contributed by atoms with E-state index in [0.717, 1.165) is 0 Å². The molecule has 4 aromatic rings. The number of imidazole rings is 1. The van der Waals surface area contributed by atoms with Crippen molar-refractivity contribution in [3.05, 3.63) is 66.5 Å². The van der Waals surface area contributed by atoms with Crippen LogP contribution in [0.25, 0.3) is 16.9 Å². The molecule has 3 N–H and O–H groups in total. The van der Waals surface area contributed by atoms with Crippen molar-refractivity contribution >= 4 is 17.4 Å². The number of aliphatic hydroxyl groups excluding tert-OH is 2. The number of ether oxygens (including phenoxy) is 2. The summed E-state index contributed by atoms with van der Waals surface area (Å²) >= 11 is 0. The molecule has 0 radical (unpaired) electrons. The smallest absolute Gasteiger partial charge is 0.475 e. The summed E-state index contributed by atoms with van der Waals surface area (Å²) in [6.45, 7) is -0.704. The number of hydrogen-bond donors (Lipinski definition) is 3. The van der Waals surface area contributed by atoms with Crippen LogP contribution in [0.5, 0.6) is 11.6 Å². The van der Waals surface area contributed by atoms with E-state index >= 15 is 0 Å². The molecule has 1 aromatic carbocycles. The van der Waals surface area contributed by atoms with Crippen molar-refractivity contribution in [2.75, 3.05) is 18.5 Å². The Hall–Kier alpha value is -4.23. The highest BCUT2D eigenvalue weighted by atomic mass is 19.4. The lowest BCUT2D eigenvalue weighted by Crippen LogP contribution is -2.22. The minimum atomic E-state index is -4.88. The summed E-state index contributed by atoms with van der Waals surface area (Å²) in [5.41, 5.74) is 0.563. The van der Waals surface area contributed by atoms with Crippen LogP contribution in [0.15, 0.2) is 60.8 Å². The van der Waals surface area contributed by atoms with Gasteiger partial charge in [0.25, 0.3) is 5.91 Å². The van der Waals surface area contributed by atoms with Gasteiger partial charge in [-0.3, -0.25) is 4.79 Å². The van der Waals surface area contributed by atoms with E-state index in [0.29, 0.717) is 5.65 Å². The number of halogens is 3. The Balaban J connectivity index is 1.59. The van der Waals surface area contributed by atoms with Crippen molar-refractivity contribution in [2.45, 2.75) is 12.5 Å². The average Bonchev–Trinajstić information content (AvgIpc) is 3.24. The van der Waals surface area contributed by atoms with Crippen LogP contribution in [0.4, 0.5) is 19.0 Å². The van der Waals surface area contributed by atoms with E-state index in [1.54, 1.807) is 6.07 Å². The molecular formula is C22H18F3N5O5. The van der Waals surface area contributed by atoms with E-state index in [4.69, 9.17) is 9.84 Å². The molecule has 0 bridgehead atoms. The number of nitrogens with zero attached hydrogens (tertiary/aromatic N) is 4. The fraction of sp³-hybridized carbons (Fsp3) is 0.182. The summed E-state index contributed by atoms with van der Waals surface area (Å²) in [6, 6.07) is 13.0. The third kappa shape index (κ3) is 5.83. The van der Waals surface area contributed by atoms with Crippen molar-refractivity contribution in [1.82, 2.24) is 19.6 Å². The van der Waals surface area contributed by atoms with E-state index in [1.165, 1.54) is 59.2 Å². The number of rotatable bonds is 8. The van der Waals surface area contributed by atoms with Crippen LogP contribution < -0.4 is 14.8 Å². The van der Waals surface area contributed by atoms with Crippen LogP contribution >= 0.6 is 0 Å². The maximum absolute atomic E-state index is 12.8. The molecule has 1 unspecified atom stereocenters. The van der Waals surface area contributed by atoms with Gasteiger partial charge in [-0.1, -0.05) is 18.2 Å². The van der Waals surface area contributed by atoms with Gasteiger partial charge in [0.2, 0.25) is 5.88 Å². The summed E-state index contributed by atoms with van der Waals surface area (Å²) in [5, 5.41) is 25.2. The molecule has 13 heteroatoms. The predicted molar refractivity (Wildman–Crippen MR) is 116 cm³/mol. The van der Waals surface area contributed by atoms with Gasteiger partial charge in [-0.2, -0.15) is 9.61 Å². The molecule has 0 aliphatic carbocycles. The van der Waals surface area contributed by atoms with E-state index in [-0.39, 0.29) is 35.3 Å². The lowest BCUT2D eigenvalue weighted by molar-refractivity contribution is -0.274. The number of alkyl halides is 3. The van der Waals surface area contributed by atoms with Gasteiger partial charge < -0.3 is 25.0 Å². The van der Waals surface area contributed by atoms with Crippen LogP contribution in [0.1, 0.15) is 10.5 Å². The summed E-state index contributed by atoms with van der Waals surface area (Å²) in [4.78, 5) is 20.9. The summed E-state index contributed by atoms with van der Waals surface area (Å²) in [6.07, 6.45) is -4.64. The van der Waals surface area contributed by atoms with E-state index in [2.05, 4.69) is 25.1 Å². The molecule has 1 atom stereocenters. The first-order valence-corrected chi connectivity index (χ1v) is 10.1. The van der Waals surface area contributed by atoms with Gasteiger partial charge in [0.1, 0.15) is 24.2 Å². The van der Waals surface area contributed by atoms with E-state index in [9.17, 15) is 23.1 Å². The highest BCUT2D eigenvalue weighted by molar-refractivity contribution is 6.02. The topological polar surface area (TPSA) is 131 Å². The molecule has 182 valence electrons. The molecule has 0 aliphatic heterocycles. The minimum Gasteiger partial charge on any atom is -0.475 e. The van der Waals surface area contributed by atoms with E-state index in [1.807, 2.05) is 0 Å². The molecule has 1 amide bonds. The number of hydrogen-bond acceptors (Lipinski definition) is 8.